The molecule has 128 valence electrons. The molecule has 5 heteroatoms. The molecule has 0 amide bonds. The van der Waals surface area contributed by atoms with Gasteiger partial charge in [0.2, 0.25) is 0 Å². The van der Waals surface area contributed by atoms with Crippen molar-refractivity contribution in [3.63, 3.8) is 0 Å². The molecule has 25 heavy (non-hydrogen) atoms. The van der Waals surface area contributed by atoms with Crippen LogP contribution >= 0.6 is 0 Å². The standard InChI is InChI=1S/C20H22N4O/c1-24(10-11-25)19-7-8-20(23-15-19)22-13-16-4-2-5-17(12-16)18-6-3-9-21-14-18/h2-9,12,14-15,25H,10-11,13H2,1H3,(H,22,23). The molecule has 0 saturated heterocycles. The molecule has 2 aromatic heterocycles. The molecular formula is C20H22N4O. The number of benzene rings is 1. The Morgan fingerprint density at radius 3 is 2.64 bits per heavy atom. The third kappa shape index (κ3) is 4.55. The van der Waals surface area contributed by atoms with E-state index in [2.05, 4.69) is 45.6 Å². The van der Waals surface area contributed by atoms with Gasteiger partial charge in [0.05, 0.1) is 18.5 Å². The van der Waals surface area contributed by atoms with Crippen LogP contribution in [0.2, 0.25) is 0 Å². The van der Waals surface area contributed by atoms with E-state index in [1.807, 2.05) is 42.5 Å². The van der Waals surface area contributed by atoms with Gasteiger partial charge in [0, 0.05) is 32.5 Å². The molecular weight excluding hydrogens is 312 g/mol. The van der Waals surface area contributed by atoms with Gasteiger partial charge in [-0.05, 0) is 41.0 Å². The van der Waals surface area contributed by atoms with Gasteiger partial charge in [0.1, 0.15) is 5.82 Å². The van der Waals surface area contributed by atoms with Crippen molar-refractivity contribution in [3.05, 3.63) is 72.7 Å². The zero-order valence-electron chi connectivity index (χ0n) is 14.3. The molecule has 0 spiro atoms. The normalized spacial score (nSPS) is 10.5. The highest BCUT2D eigenvalue weighted by molar-refractivity contribution is 5.63. The molecule has 0 aliphatic rings. The van der Waals surface area contributed by atoms with Gasteiger partial charge in [-0.15, -0.1) is 0 Å². The van der Waals surface area contributed by atoms with Gasteiger partial charge < -0.3 is 15.3 Å². The van der Waals surface area contributed by atoms with Crippen molar-refractivity contribution in [1.82, 2.24) is 9.97 Å². The number of aliphatic hydroxyl groups excluding tert-OH is 1. The summed E-state index contributed by atoms with van der Waals surface area (Å²) in [6.07, 6.45) is 5.46. The summed E-state index contributed by atoms with van der Waals surface area (Å²) < 4.78 is 0. The van der Waals surface area contributed by atoms with Crippen LogP contribution in [0.3, 0.4) is 0 Å². The summed E-state index contributed by atoms with van der Waals surface area (Å²) in [6, 6.07) is 16.3. The first-order valence-electron chi connectivity index (χ1n) is 8.27. The number of rotatable bonds is 7. The monoisotopic (exact) mass is 334 g/mol. The van der Waals surface area contributed by atoms with Gasteiger partial charge in [0.15, 0.2) is 0 Å². The maximum atomic E-state index is 8.99. The lowest BCUT2D eigenvalue weighted by molar-refractivity contribution is 0.304. The Hall–Kier alpha value is -2.92. The Balaban J connectivity index is 1.64. The van der Waals surface area contributed by atoms with Crippen molar-refractivity contribution in [2.24, 2.45) is 0 Å². The lowest BCUT2D eigenvalue weighted by Gasteiger charge is -2.17. The number of nitrogens with zero attached hydrogens (tertiary/aromatic N) is 3. The third-order valence-corrected chi connectivity index (χ3v) is 4.02. The maximum absolute atomic E-state index is 8.99. The Morgan fingerprint density at radius 2 is 1.92 bits per heavy atom. The van der Waals surface area contributed by atoms with Gasteiger partial charge in [-0.3, -0.25) is 4.98 Å². The molecule has 0 atom stereocenters. The number of pyridine rings is 2. The molecule has 2 N–H and O–H groups in total. The molecule has 0 radical (unpaired) electrons. The molecule has 3 rings (SSSR count). The molecule has 0 unspecified atom stereocenters. The third-order valence-electron chi connectivity index (χ3n) is 4.02. The van der Waals surface area contributed by atoms with Crippen molar-refractivity contribution in [1.29, 1.82) is 0 Å². The smallest absolute Gasteiger partial charge is 0.126 e. The van der Waals surface area contributed by atoms with Crippen molar-refractivity contribution in [2.75, 3.05) is 30.4 Å². The average molecular weight is 334 g/mol. The summed E-state index contributed by atoms with van der Waals surface area (Å²) in [5, 5.41) is 12.3. The summed E-state index contributed by atoms with van der Waals surface area (Å²) in [6.45, 7) is 1.42. The van der Waals surface area contributed by atoms with E-state index >= 15 is 0 Å². The summed E-state index contributed by atoms with van der Waals surface area (Å²) in [7, 11) is 1.93. The van der Waals surface area contributed by atoms with E-state index in [0.717, 1.165) is 22.6 Å². The van der Waals surface area contributed by atoms with Crippen LogP contribution in [0.4, 0.5) is 11.5 Å². The summed E-state index contributed by atoms with van der Waals surface area (Å²) >= 11 is 0. The number of nitrogens with one attached hydrogen (secondary N) is 1. The molecule has 0 aliphatic heterocycles. The van der Waals surface area contributed by atoms with E-state index in [1.54, 1.807) is 6.20 Å². The van der Waals surface area contributed by atoms with Gasteiger partial charge in [-0.2, -0.15) is 0 Å². The van der Waals surface area contributed by atoms with E-state index in [9.17, 15) is 0 Å². The van der Waals surface area contributed by atoms with E-state index in [-0.39, 0.29) is 6.61 Å². The number of hydrogen-bond acceptors (Lipinski definition) is 5. The van der Waals surface area contributed by atoms with Crippen LogP contribution in [0, 0.1) is 0 Å². The van der Waals surface area contributed by atoms with Crippen LogP contribution in [0.5, 0.6) is 0 Å². The lowest BCUT2D eigenvalue weighted by atomic mass is 10.0. The fraction of sp³-hybridized carbons (Fsp3) is 0.200. The van der Waals surface area contributed by atoms with Crippen LogP contribution in [-0.2, 0) is 6.54 Å². The molecule has 0 fully saturated rings. The first kappa shape index (κ1) is 16.9. The van der Waals surface area contributed by atoms with E-state index < -0.39 is 0 Å². The lowest BCUT2D eigenvalue weighted by Crippen LogP contribution is -2.21. The van der Waals surface area contributed by atoms with Crippen LogP contribution in [-0.4, -0.2) is 35.3 Å². The summed E-state index contributed by atoms with van der Waals surface area (Å²) in [4.78, 5) is 10.6. The van der Waals surface area contributed by atoms with Gasteiger partial charge >= 0.3 is 0 Å². The second-order valence-corrected chi connectivity index (χ2v) is 5.84. The molecule has 0 aliphatic carbocycles. The second-order valence-electron chi connectivity index (χ2n) is 5.84. The van der Waals surface area contributed by atoms with Crippen LogP contribution < -0.4 is 10.2 Å². The highest BCUT2D eigenvalue weighted by atomic mass is 16.3. The van der Waals surface area contributed by atoms with Gasteiger partial charge in [-0.25, -0.2) is 4.98 Å². The van der Waals surface area contributed by atoms with Crippen LogP contribution in [0.25, 0.3) is 11.1 Å². The summed E-state index contributed by atoms with van der Waals surface area (Å²) in [5.41, 5.74) is 4.43. The number of aromatic nitrogens is 2. The predicted octanol–water partition coefficient (Wildman–Crippen LogP) is 3.18. The fourth-order valence-electron chi connectivity index (χ4n) is 2.58. The molecule has 3 aromatic rings. The molecule has 5 nitrogen and oxygen atoms in total. The fourth-order valence-corrected chi connectivity index (χ4v) is 2.58. The van der Waals surface area contributed by atoms with Crippen molar-refractivity contribution in [2.45, 2.75) is 6.54 Å². The predicted molar refractivity (Wildman–Crippen MR) is 102 cm³/mol. The zero-order valence-corrected chi connectivity index (χ0v) is 14.3. The van der Waals surface area contributed by atoms with Crippen LogP contribution in [0.15, 0.2) is 67.1 Å². The van der Waals surface area contributed by atoms with Crippen molar-refractivity contribution >= 4 is 11.5 Å². The largest absolute Gasteiger partial charge is 0.395 e. The first-order chi connectivity index (χ1) is 12.3. The van der Waals surface area contributed by atoms with E-state index in [4.69, 9.17) is 5.11 Å². The van der Waals surface area contributed by atoms with Gasteiger partial charge in [0.25, 0.3) is 0 Å². The Labute approximate surface area is 148 Å². The minimum atomic E-state index is 0.129. The summed E-state index contributed by atoms with van der Waals surface area (Å²) in [5.74, 6) is 0.827. The minimum absolute atomic E-state index is 0.129. The Bertz CT molecular complexity index is 790. The minimum Gasteiger partial charge on any atom is -0.395 e. The number of aliphatic hydroxyl groups is 1. The molecule has 1 aromatic carbocycles. The maximum Gasteiger partial charge on any atom is 0.126 e. The topological polar surface area (TPSA) is 61.3 Å². The van der Waals surface area contributed by atoms with E-state index in [1.165, 1.54) is 5.56 Å². The Morgan fingerprint density at radius 1 is 1.04 bits per heavy atom. The number of anilines is 2. The average Bonchev–Trinajstić information content (AvgIpc) is 2.68. The number of likely N-dealkylation sites (N-methyl/N-ethyl adjacent to an activating group) is 1. The van der Waals surface area contributed by atoms with E-state index in [0.29, 0.717) is 13.1 Å². The van der Waals surface area contributed by atoms with Crippen molar-refractivity contribution < 1.29 is 5.11 Å². The second kappa shape index (κ2) is 8.26. The SMILES string of the molecule is CN(CCO)c1ccc(NCc2cccc(-c3cccnc3)c2)nc1. The number of hydrogen-bond donors (Lipinski definition) is 2. The quantitative estimate of drug-likeness (QED) is 0.695. The Kier molecular flexibility index (Phi) is 5.59. The highest BCUT2D eigenvalue weighted by Gasteiger charge is 2.02. The molecule has 2 heterocycles. The van der Waals surface area contributed by atoms with Gasteiger partial charge in [-0.1, -0.05) is 24.3 Å². The zero-order chi connectivity index (χ0) is 17.5. The highest BCUT2D eigenvalue weighted by Crippen LogP contribution is 2.20. The molecule has 0 bridgehead atoms. The van der Waals surface area contributed by atoms with Crippen molar-refractivity contribution in [3.8, 4) is 11.1 Å². The van der Waals surface area contributed by atoms with Crippen LogP contribution in [0.1, 0.15) is 5.56 Å². The molecule has 0 saturated carbocycles. The first-order valence-corrected chi connectivity index (χ1v) is 8.27.